The molecule has 0 aromatic heterocycles. The Morgan fingerprint density at radius 1 is 1.10 bits per heavy atom. The maximum Gasteiger partial charge on any atom is 0.163 e. The van der Waals surface area contributed by atoms with Gasteiger partial charge in [-0.15, -0.1) is 0 Å². The molecule has 0 spiro atoms. The van der Waals surface area contributed by atoms with Gasteiger partial charge in [0, 0.05) is 5.92 Å². The van der Waals surface area contributed by atoms with Crippen LogP contribution in [0, 0.1) is 5.92 Å². The molecule has 0 amide bonds. The Hall–Kier alpha value is -1.30. The van der Waals surface area contributed by atoms with Crippen LogP contribution in [0.5, 0.6) is 11.5 Å². The van der Waals surface area contributed by atoms with Gasteiger partial charge in [0.2, 0.25) is 0 Å². The second kappa shape index (κ2) is 5.48. The van der Waals surface area contributed by atoms with Gasteiger partial charge in [-0.1, -0.05) is 0 Å². The fourth-order valence-electron chi connectivity index (χ4n) is 3.25. The van der Waals surface area contributed by atoms with Crippen molar-refractivity contribution in [2.75, 3.05) is 20.3 Å². The highest BCUT2D eigenvalue weighted by Gasteiger charge is 2.60. The number of methoxy groups -OCH3 is 1. The van der Waals surface area contributed by atoms with Crippen molar-refractivity contribution in [1.82, 2.24) is 0 Å². The molecular weight excluding hydrogens is 272 g/mol. The predicted octanol–water partition coefficient (Wildman–Crippen LogP) is 1.99. The van der Waals surface area contributed by atoms with Gasteiger partial charge in [-0.3, -0.25) is 0 Å². The summed E-state index contributed by atoms with van der Waals surface area (Å²) in [4.78, 5) is 0. The molecule has 5 heteroatoms. The normalized spacial score (nSPS) is 36.1. The van der Waals surface area contributed by atoms with Crippen LogP contribution >= 0.6 is 0 Å². The Labute approximate surface area is 124 Å². The van der Waals surface area contributed by atoms with E-state index in [9.17, 15) is 0 Å². The molecule has 5 atom stereocenters. The van der Waals surface area contributed by atoms with E-state index in [1.54, 1.807) is 7.11 Å². The maximum atomic E-state index is 5.80. The fourth-order valence-corrected chi connectivity index (χ4v) is 3.25. The minimum absolute atomic E-state index is 0.0697. The number of rotatable bonds is 6. The number of epoxide rings is 1. The summed E-state index contributed by atoms with van der Waals surface area (Å²) in [5.41, 5.74) is 0. The maximum absolute atomic E-state index is 5.80. The second-order valence-corrected chi connectivity index (χ2v) is 5.77. The van der Waals surface area contributed by atoms with E-state index in [1.165, 1.54) is 0 Å². The van der Waals surface area contributed by atoms with E-state index in [0.717, 1.165) is 24.3 Å². The Morgan fingerprint density at radius 2 is 1.90 bits per heavy atom. The van der Waals surface area contributed by atoms with Crippen molar-refractivity contribution < 1.29 is 23.7 Å². The average molecular weight is 292 g/mol. The van der Waals surface area contributed by atoms with Crippen LogP contribution in [0.2, 0.25) is 0 Å². The van der Waals surface area contributed by atoms with E-state index >= 15 is 0 Å². The molecule has 114 valence electrons. The quantitative estimate of drug-likeness (QED) is 0.593. The highest BCUT2D eigenvalue weighted by atomic mass is 16.8. The molecule has 0 saturated carbocycles. The van der Waals surface area contributed by atoms with E-state index in [0.29, 0.717) is 25.2 Å². The zero-order valence-corrected chi connectivity index (χ0v) is 12.1. The Balaban J connectivity index is 1.23. The van der Waals surface area contributed by atoms with Gasteiger partial charge in [0.25, 0.3) is 0 Å². The topological polar surface area (TPSA) is 49.5 Å². The van der Waals surface area contributed by atoms with Gasteiger partial charge in [0.1, 0.15) is 23.7 Å². The largest absolute Gasteiger partial charge is 0.497 e. The molecule has 3 aliphatic heterocycles. The lowest BCUT2D eigenvalue weighted by Gasteiger charge is -2.24. The molecule has 1 aromatic rings. The summed E-state index contributed by atoms with van der Waals surface area (Å²) in [6.45, 7) is 1.38. The average Bonchev–Trinajstić information content (AvgIpc) is 3.21. The van der Waals surface area contributed by atoms with Gasteiger partial charge in [0.15, 0.2) is 6.29 Å². The molecule has 0 N–H and O–H groups in total. The molecule has 1 aromatic carbocycles. The van der Waals surface area contributed by atoms with Crippen LogP contribution in [0.4, 0.5) is 0 Å². The van der Waals surface area contributed by atoms with Gasteiger partial charge in [0.05, 0.1) is 26.4 Å². The Morgan fingerprint density at radius 3 is 2.71 bits per heavy atom. The fraction of sp³-hybridized carbons (Fsp3) is 0.625. The molecule has 21 heavy (non-hydrogen) atoms. The summed E-state index contributed by atoms with van der Waals surface area (Å²) in [6.07, 6.45) is 2.70. The SMILES string of the molecule is COc1ccc(OCCC[C@H]2[C@@H]3OC[C@@H](O3)[C@@H]3O[C@H]23)cc1. The van der Waals surface area contributed by atoms with Crippen molar-refractivity contribution in [1.29, 1.82) is 0 Å². The minimum atomic E-state index is -0.0697. The summed E-state index contributed by atoms with van der Waals surface area (Å²) >= 11 is 0. The van der Waals surface area contributed by atoms with Crippen molar-refractivity contribution in [2.45, 2.75) is 37.4 Å². The first-order valence-corrected chi connectivity index (χ1v) is 7.54. The number of hydrogen-bond donors (Lipinski definition) is 0. The van der Waals surface area contributed by atoms with E-state index in [-0.39, 0.29) is 18.5 Å². The molecule has 3 aliphatic rings. The summed E-state index contributed by atoms with van der Waals surface area (Å²) in [6, 6.07) is 7.65. The third-order valence-electron chi connectivity index (χ3n) is 4.44. The molecule has 3 saturated heterocycles. The summed E-state index contributed by atoms with van der Waals surface area (Å²) in [5.74, 6) is 2.06. The third kappa shape index (κ3) is 2.61. The molecule has 0 aliphatic carbocycles. The van der Waals surface area contributed by atoms with Crippen molar-refractivity contribution in [3.05, 3.63) is 24.3 Å². The molecule has 3 heterocycles. The van der Waals surface area contributed by atoms with Gasteiger partial charge >= 0.3 is 0 Å². The second-order valence-electron chi connectivity index (χ2n) is 5.77. The molecule has 0 radical (unpaired) electrons. The number of hydrogen-bond acceptors (Lipinski definition) is 5. The van der Waals surface area contributed by atoms with Crippen LogP contribution in [0.1, 0.15) is 12.8 Å². The first-order chi connectivity index (χ1) is 10.3. The van der Waals surface area contributed by atoms with Crippen molar-refractivity contribution in [2.24, 2.45) is 5.92 Å². The minimum Gasteiger partial charge on any atom is -0.497 e. The third-order valence-corrected chi connectivity index (χ3v) is 4.44. The van der Waals surface area contributed by atoms with Crippen LogP contribution in [0.15, 0.2) is 24.3 Å². The zero-order chi connectivity index (χ0) is 14.2. The summed E-state index contributed by atoms with van der Waals surface area (Å²) in [5, 5.41) is 0. The van der Waals surface area contributed by atoms with Crippen molar-refractivity contribution in [3.63, 3.8) is 0 Å². The van der Waals surface area contributed by atoms with E-state index in [4.69, 9.17) is 23.7 Å². The monoisotopic (exact) mass is 292 g/mol. The number of benzene rings is 1. The highest BCUT2D eigenvalue weighted by Crippen LogP contribution is 2.46. The summed E-state index contributed by atoms with van der Waals surface area (Å²) < 4.78 is 28.1. The van der Waals surface area contributed by atoms with Crippen LogP contribution in [-0.4, -0.2) is 44.9 Å². The van der Waals surface area contributed by atoms with Crippen LogP contribution in [-0.2, 0) is 14.2 Å². The van der Waals surface area contributed by atoms with Gasteiger partial charge in [-0.25, -0.2) is 0 Å². The molecule has 5 nitrogen and oxygen atoms in total. The van der Waals surface area contributed by atoms with Crippen LogP contribution < -0.4 is 9.47 Å². The lowest BCUT2D eigenvalue weighted by molar-refractivity contribution is -0.112. The zero-order valence-electron chi connectivity index (χ0n) is 12.1. The van der Waals surface area contributed by atoms with Gasteiger partial charge < -0.3 is 23.7 Å². The lowest BCUT2D eigenvalue weighted by atomic mass is 9.94. The van der Waals surface area contributed by atoms with Crippen molar-refractivity contribution in [3.8, 4) is 11.5 Å². The molecule has 4 rings (SSSR count). The molecule has 0 unspecified atom stereocenters. The van der Waals surface area contributed by atoms with E-state index in [1.807, 2.05) is 24.3 Å². The standard InChI is InChI=1S/C16H20O5/c1-17-10-4-6-11(7-5-10)18-8-2-3-12-14-15(21-14)13-9-19-16(12)20-13/h4-7,12-16H,2-3,8-9H2,1H3/t12-,13-,14-,15+,16-/m1/s1. The van der Waals surface area contributed by atoms with E-state index in [2.05, 4.69) is 0 Å². The smallest absolute Gasteiger partial charge is 0.163 e. The molecule has 3 fully saturated rings. The van der Waals surface area contributed by atoms with Crippen LogP contribution in [0.3, 0.4) is 0 Å². The Bertz CT molecular complexity index is 488. The first kappa shape index (κ1) is 13.4. The van der Waals surface area contributed by atoms with Crippen molar-refractivity contribution >= 4 is 0 Å². The first-order valence-electron chi connectivity index (χ1n) is 7.54. The van der Waals surface area contributed by atoms with E-state index < -0.39 is 0 Å². The summed E-state index contributed by atoms with van der Waals surface area (Å²) in [7, 11) is 1.66. The number of ether oxygens (including phenoxy) is 5. The van der Waals surface area contributed by atoms with Gasteiger partial charge in [-0.2, -0.15) is 0 Å². The van der Waals surface area contributed by atoms with Gasteiger partial charge in [-0.05, 0) is 37.1 Å². The van der Waals surface area contributed by atoms with Crippen LogP contribution in [0.25, 0.3) is 0 Å². The Kier molecular flexibility index (Phi) is 3.49. The number of fused-ring (bicyclic) bond motifs is 4. The predicted molar refractivity (Wildman–Crippen MR) is 74.5 cm³/mol. The molecule has 2 bridgehead atoms. The highest BCUT2D eigenvalue weighted by molar-refractivity contribution is 5.31. The lowest BCUT2D eigenvalue weighted by Crippen LogP contribution is -2.35. The molecular formula is C16H20O5.